The zero-order valence-electron chi connectivity index (χ0n) is 12.6. The number of benzene rings is 2. The summed E-state index contributed by atoms with van der Waals surface area (Å²) in [5.74, 6) is 1.99. The van der Waals surface area contributed by atoms with E-state index in [-0.39, 0.29) is 12.2 Å². The maximum absolute atomic E-state index is 14.1. The van der Waals surface area contributed by atoms with Gasteiger partial charge in [-0.15, -0.1) is 6.42 Å². The summed E-state index contributed by atoms with van der Waals surface area (Å²) in [4.78, 5) is 8.57. The second-order valence-corrected chi connectivity index (χ2v) is 5.46. The number of aromatic nitrogens is 2. The first-order chi connectivity index (χ1) is 11.1. The van der Waals surface area contributed by atoms with E-state index in [0.717, 1.165) is 16.5 Å². The number of hydrogen-bond donors (Lipinski definition) is 1. The van der Waals surface area contributed by atoms with Crippen molar-refractivity contribution in [3.8, 4) is 23.6 Å². The van der Waals surface area contributed by atoms with Crippen LogP contribution in [-0.4, -0.2) is 21.2 Å². The van der Waals surface area contributed by atoms with Crippen LogP contribution in [0.15, 0.2) is 42.7 Å². The van der Waals surface area contributed by atoms with Crippen molar-refractivity contribution in [1.29, 1.82) is 0 Å². The molecule has 3 nitrogen and oxygen atoms in total. The number of aryl methyl sites for hydroxylation is 1. The molecule has 3 aromatic rings. The van der Waals surface area contributed by atoms with E-state index < -0.39 is 6.10 Å². The first-order valence-electron chi connectivity index (χ1n) is 7.22. The molecule has 2 aromatic carbocycles. The lowest BCUT2D eigenvalue weighted by Gasteiger charge is -2.07. The van der Waals surface area contributed by atoms with Crippen LogP contribution in [0.3, 0.4) is 0 Å². The Morgan fingerprint density at radius 3 is 2.74 bits per heavy atom. The molecular formula is C19H15FN2O. The molecule has 0 aliphatic heterocycles. The largest absolute Gasteiger partial charge is 0.380 e. The molecule has 4 heteroatoms. The van der Waals surface area contributed by atoms with Crippen molar-refractivity contribution >= 4 is 10.8 Å². The Morgan fingerprint density at radius 2 is 2.04 bits per heavy atom. The van der Waals surface area contributed by atoms with Gasteiger partial charge in [0.2, 0.25) is 0 Å². The average Bonchev–Trinajstić information content (AvgIpc) is 2.55. The van der Waals surface area contributed by atoms with Gasteiger partial charge in [-0.25, -0.2) is 4.39 Å². The topological polar surface area (TPSA) is 46.0 Å². The lowest BCUT2D eigenvalue weighted by molar-refractivity contribution is 0.232. The average molecular weight is 306 g/mol. The van der Waals surface area contributed by atoms with Gasteiger partial charge in [0.05, 0.1) is 17.6 Å². The Morgan fingerprint density at radius 1 is 1.22 bits per heavy atom. The molecule has 1 atom stereocenters. The van der Waals surface area contributed by atoms with E-state index in [2.05, 4.69) is 15.9 Å². The van der Waals surface area contributed by atoms with Gasteiger partial charge in [-0.3, -0.25) is 9.97 Å². The SMILES string of the molecule is C#CC(O)Cc1cnc(-c2ccc3cc(C)cc(F)c3c2)cn1. The summed E-state index contributed by atoms with van der Waals surface area (Å²) in [7, 11) is 0. The highest BCUT2D eigenvalue weighted by atomic mass is 19.1. The smallest absolute Gasteiger partial charge is 0.131 e. The van der Waals surface area contributed by atoms with Crippen LogP contribution in [-0.2, 0) is 6.42 Å². The molecule has 0 fully saturated rings. The Bertz CT molecular complexity index is 898. The molecule has 1 N–H and O–H groups in total. The Labute approximate surface area is 133 Å². The maximum Gasteiger partial charge on any atom is 0.131 e. The normalized spacial score (nSPS) is 12.1. The molecule has 23 heavy (non-hydrogen) atoms. The van der Waals surface area contributed by atoms with E-state index in [9.17, 15) is 9.50 Å². The van der Waals surface area contributed by atoms with E-state index >= 15 is 0 Å². The number of terminal acetylenes is 1. The summed E-state index contributed by atoms with van der Waals surface area (Å²) in [6.45, 7) is 1.87. The minimum atomic E-state index is -0.867. The molecule has 0 saturated carbocycles. The van der Waals surface area contributed by atoms with Crippen molar-refractivity contribution < 1.29 is 9.50 Å². The van der Waals surface area contributed by atoms with Gasteiger partial charge in [0.25, 0.3) is 0 Å². The number of halogens is 1. The predicted molar refractivity (Wildman–Crippen MR) is 88.2 cm³/mol. The van der Waals surface area contributed by atoms with E-state index in [1.807, 2.05) is 25.1 Å². The van der Waals surface area contributed by atoms with E-state index in [4.69, 9.17) is 6.42 Å². The maximum atomic E-state index is 14.1. The number of hydrogen-bond acceptors (Lipinski definition) is 3. The molecule has 0 bridgehead atoms. The third kappa shape index (κ3) is 3.20. The predicted octanol–water partition coefficient (Wildman–Crippen LogP) is 3.28. The summed E-state index contributed by atoms with van der Waals surface area (Å²) in [6.07, 6.45) is 7.70. The van der Waals surface area contributed by atoms with Crippen LogP contribution in [0.4, 0.5) is 4.39 Å². The van der Waals surface area contributed by atoms with Gasteiger partial charge >= 0.3 is 0 Å². The fourth-order valence-electron chi connectivity index (χ4n) is 2.48. The van der Waals surface area contributed by atoms with Crippen molar-refractivity contribution in [2.24, 2.45) is 0 Å². The molecule has 0 saturated heterocycles. The highest BCUT2D eigenvalue weighted by Crippen LogP contribution is 2.25. The minimum absolute atomic E-state index is 0.247. The third-order valence-corrected chi connectivity index (χ3v) is 3.64. The molecule has 0 spiro atoms. The number of nitrogens with zero attached hydrogens (tertiary/aromatic N) is 2. The van der Waals surface area contributed by atoms with Crippen LogP contribution in [0.25, 0.3) is 22.0 Å². The zero-order valence-corrected chi connectivity index (χ0v) is 12.6. The van der Waals surface area contributed by atoms with Gasteiger partial charge in [0.15, 0.2) is 0 Å². The third-order valence-electron chi connectivity index (χ3n) is 3.64. The first-order valence-corrected chi connectivity index (χ1v) is 7.22. The highest BCUT2D eigenvalue weighted by Gasteiger charge is 2.08. The molecule has 1 unspecified atom stereocenters. The summed E-state index contributed by atoms with van der Waals surface area (Å²) in [6, 6.07) is 8.99. The Balaban J connectivity index is 1.95. The van der Waals surface area contributed by atoms with Crippen LogP contribution >= 0.6 is 0 Å². The lowest BCUT2D eigenvalue weighted by Crippen LogP contribution is -2.08. The fourth-order valence-corrected chi connectivity index (χ4v) is 2.48. The monoisotopic (exact) mass is 306 g/mol. The van der Waals surface area contributed by atoms with Crippen molar-refractivity contribution in [1.82, 2.24) is 9.97 Å². The van der Waals surface area contributed by atoms with E-state index in [1.165, 1.54) is 6.07 Å². The highest BCUT2D eigenvalue weighted by molar-refractivity contribution is 5.87. The van der Waals surface area contributed by atoms with Crippen molar-refractivity contribution in [2.75, 3.05) is 0 Å². The second kappa shape index (κ2) is 6.15. The second-order valence-electron chi connectivity index (χ2n) is 5.46. The molecular weight excluding hydrogens is 291 g/mol. The number of aliphatic hydroxyl groups excluding tert-OH is 1. The molecule has 0 radical (unpaired) electrons. The van der Waals surface area contributed by atoms with Gasteiger partial charge in [-0.05, 0) is 30.0 Å². The van der Waals surface area contributed by atoms with Gasteiger partial charge in [-0.1, -0.05) is 24.1 Å². The molecule has 1 heterocycles. The Hall–Kier alpha value is -2.77. The summed E-state index contributed by atoms with van der Waals surface area (Å²) in [5.41, 5.74) is 2.93. The lowest BCUT2D eigenvalue weighted by atomic mass is 10.0. The number of aliphatic hydroxyl groups is 1. The fraction of sp³-hybridized carbons (Fsp3) is 0.158. The number of rotatable bonds is 3. The van der Waals surface area contributed by atoms with Crippen LogP contribution in [0, 0.1) is 25.1 Å². The molecule has 0 amide bonds. The standard InChI is InChI=1S/C19H15FN2O/c1-3-16(23)9-15-10-22-19(11-21-15)14-5-4-13-6-12(2)7-18(20)17(13)8-14/h1,4-8,10-11,16,23H,9H2,2H3. The molecule has 3 rings (SSSR count). The van der Waals surface area contributed by atoms with Crippen LogP contribution in [0.5, 0.6) is 0 Å². The van der Waals surface area contributed by atoms with Crippen molar-refractivity contribution in [3.63, 3.8) is 0 Å². The number of fused-ring (bicyclic) bond motifs is 1. The van der Waals surface area contributed by atoms with E-state index in [1.54, 1.807) is 18.5 Å². The zero-order chi connectivity index (χ0) is 16.4. The first kappa shape index (κ1) is 15.1. The van der Waals surface area contributed by atoms with Gasteiger partial charge in [-0.2, -0.15) is 0 Å². The van der Waals surface area contributed by atoms with Crippen molar-refractivity contribution in [3.05, 3.63) is 59.8 Å². The van der Waals surface area contributed by atoms with Crippen LogP contribution in [0.1, 0.15) is 11.3 Å². The van der Waals surface area contributed by atoms with Crippen molar-refractivity contribution in [2.45, 2.75) is 19.4 Å². The Kier molecular flexibility index (Phi) is 4.05. The van der Waals surface area contributed by atoms with Gasteiger partial charge in [0.1, 0.15) is 11.9 Å². The molecule has 0 aliphatic carbocycles. The summed E-state index contributed by atoms with van der Waals surface area (Å²) in [5, 5.41) is 10.8. The summed E-state index contributed by atoms with van der Waals surface area (Å²) < 4.78 is 14.1. The van der Waals surface area contributed by atoms with Crippen LogP contribution in [0.2, 0.25) is 0 Å². The van der Waals surface area contributed by atoms with Crippen LogP contribution < -0.4 is 0 Å². The minimum Gasteiger partial charge on any atom is -0.380 e. The molecule has 1 aromatic heterocycles. The quantitative estimate of drug-likeness (QED) is 0.755. The molecule has 114 valence electrons. The van der Waals surface area contributed by atoms with E-state index in [0.29, 0.717) is 16.8 Å². The van der Waals surface area contributed by atoms with Gasteiger partial charge < -0.3 is 5.11 Å². The summed E-state index contributed by atoms with van der Waals surface area (Å²) >= 11 is 0. The molecule has 0 aliphatic rings. The van der Waals surface area contributed by atoms with Gasteiger partial charge in [0, 0.05) is 23.6 Å².